The SMILES string of the molecule is CCCC.COC(=O)C1(O)O[C@@H]([C@H](O)[C@H](O)CO)[C@H](N)[C@@H](O)[C@H]1F.[3H]n1nnc2c1-c1ccccc1CN(C(=O)CCC(=O)NCCOCCOCCOCCOC(=O)NC[C@H]1O[C@@H](O[C@H]3[C@H](O)[C@@H](O)[C@H](O)O[C@@H]3CNC(=O)CCSSCCOC(=O)NC)[C@H](O)[C@@H](O)[C@@H]1O)c1ccccc1-2. The van der Waals surface area contributed by atoms with Gasteiger partial charge in [0.2, 0.25) is 17.7 Å². The van der Waals surface area contributed by atoms with Crippen LogP contribution in [0.5, 0.6) is 0 Å². The average Bonchev–Trinajstić information content (AvgIpc) is 1.76. The molecule has 3 saturated heterocycles. The number of carbonyl (C=O) groups excluding carboxylic acids is 6. The normalized spacial score (nSPS) is 26.8. The van der Waals surface area contributed by atoms with Gasteiger partial charge in [-0.1, -0.05) is 96.0 Å². The molecule has 1 unspecified atom stereocenters. The molecule has 2 aromatic carbocycles. The van der Waals surface area contributed by atoms with Crippen LogP contribution in [0.1, 0.15) is 51.5 Å². The van der Waals surface area contributed by atoms with E-state index in [4.69, 9.17) is 54.9 Å². The molecule has 100 heavy (non-hydrogen) atoms. The predicted molar refractivity (Wildman–Crippen MR) is 350 cm³/mol. The van der Waals surface area contributed by atoms with Crippen LogP contribution in [0, 0.1) is 0 Å². The second-order valence-electron chi connectivity index (χ2n) is 22.6. The molecule has 0 spiro atoms. The van der Waals surface area contributed by atoms with Gasteiger partial charge in [-0.25, -0.2) is 18.8 Å². The molecule has 0 bridgehead atoms. The van der Waals surface area contributed by atoms with Gasteiger partial charge >= 0.3 is 23.9 Å². The number of para-hydroxylation sites is 1. The van der Waals surface area contributed by atoms with Gasteiger partial charge in [0, 0.05) is 68.6 Å². The zero-order chi connectivity index (χ0) is 74.3. The van der Waals surface area contributed by atoms with Crippen molar-refractivity contribution in [1.82, 2.24) is 36.7 Å². The number of hydrogen-bond donors (Lipinski definition) is 17. The number of carbonyl (C=O) groups is 6. The van der Waals surface area contributed by atoms with E-state index in [9.17, 15) is 84.2 Å². The Labute approximate surface area is 584 Å². The number of ether oxygens (including phenoxy) is 10. The zero-order valence-corrected chi connectivity index (χ0v) is 57.1. The Kier molecular flexibility index (Phi) is 36.2. The number of benzene rings is 2. The van der Waals surface area contributed by atoms with E-state index in [1.807, 2.05) is 48.5 Å². The molecule has 4 aliphatic rings. The molecule has 564 valence electrons. The quantitative estimate of drug-likeness (QED) is 0.0121. The molecule has 1 aromatic heterocycles. The summed E-state index contributed by atoms with van der Waals surface area (Å²) < 4.78 is 74.2. The highest BCUT2D eigenvalue weighted by Crippen LogP contribution is 2.40. The summed E-state index contributed by atoms with van der Waals surface area (Å²) >= 11 is 0. The van der Waals surface area contributed by atoms with Crippen LogP contribution in [0.3, 0.4) is 0 Å². The van der Waals surface area contributed by atoms with Gasteiger partial charge < -0.3 is 135 Å². The maximum Gasteiger partial charge on any atom is 0.407 e. The number of hydrogen-bond acceptors (Lipinski definition) is 32. The number of aliphatic hydroxyl groups excluding tert-OH is 10. The van der Waals surface area contributed by atoms with Crippen LogP contribution < -0.4 is 31.9 Å². The number of amides is 5. The molecule has 0 radical (unpaired) electrons. The van der Waals surface area contributed by atoms with Gasteiger partial charge in [0.25, 0.3) is 0 Å². The summed E-state index contributed by atoms with van der Waals surface area (Å²) in [4.78, 5) is 75.4. The predicted octanol–water partition coefficient (Wildman–Crippen LogP) is -3.67. The molecule has 7 rings (SSSR count). The van der Waals surface area contributed by atoms with Crippen molar-refractivity contribution in [3.8, 4) is 22.5 Å². The average molecular weight is 1470 g/mol. The van der Waals surface area contributed by atoms with Crippen molar-refractivity contribution in [2.75, 3.05) is 110 Å². The van der Waals surface area contributed by atoms with Crippen molar-refractivity contribution in [2.24, 2.45) is 5.73 Å². The highest BCUT2D eigenvalue weighted by Gasteiger charge is 2.61. The standard InChI is InChI=1S/C47H66N8O19S2.C10H18FNO8.C4H10/c1-48-46(65)71-21-23-76-75-22-12-34(57)50-25-32-43(40(61)41(62)44(64)72-32)74-45-42(63)39(60)38(59)31(73-45)24-51-47(66)70-20-19-69-18-17-68-16-15-67-14-13-49-33(56)10-11-35(58)55-26-27-6-2-3-7-28(27)36-37(53-54-52-36)29-8-4-5-9-30(29)55;1-19-9(17)10(18)8(11)6(16)4(12)7(20-10)5(15)3(14)2-13;1-3-4-2/h2-9,31-32,38-45,59-64H,10-26H2,1H3,(H,48,65)(H,49,56)(H,50,57)(H,51,66)(H,52,53,54);3-8,13-16,18H,2,12H2,1H3;3-4H2,1-2H3/t31-,32-,38-,39+,40-,41-,42-,43-,44-,45+;3-,4-,5-,6-,7-,8-,10?;/m11./s1/i/hT. The molecular formula is C61H94FN9O27S2. The maximum atomic E-state index is 13.8. The summed E-state index contributed by atoms with van der Waals surface area (Å²) in [7, 11) is 5.05. The Balaban J connectivity index is 0.000000647. The molecule has 5 heterocycles. The van der Waals surface area contributed by atoms with Crippen molar-refractivity contribution in [1.29, 1.82) is 0 Å². The summed E-state index contributed by atoms with van der Waals surface area (Å²) in [5, 5.41) is 130. The first-order valence-corrected chi connectivity index (χ1v) is 34.6. The van der Waals surface area contributed by atoms with Gasteiger partial charge in [-0.3, -0.25) is 19.5 Å². The molecule has 3 aromatic rings. The van der Waals surface area contributed by atoms with Gasteiger partial charge in [0.1, 0.15) is 92.2 Å². The Hall–Kier alpha value is -6.13. The number of alkyl carbamates (subject to hydrolysis) is 2. The van der Waals surface area contributed by atoms with Crippen LogP contribution in [0.15, 0.2) is 48.5 Å². The fourth-order valence-corrected chi connectivity index (χ4v) is 11.6. The third kappa shape index (κ3) is 24.8. The number of unbranched alkanes of at least 4 members (excludes halogenated alkanes) is 1. The summed E-state index contributed by atoms with van der Waals surface area (Å²) in [6.45, 7) is 4.22. The lowest BCUT2D eigenvalue weighted by Gasteiger charge is -2.45. The molecule has 17 atom stereocenters. The summed E-state index contributed by atoms with van der Waals surface area (Å²) in [6.07, 6.45) is -25.9. The third-order valence-electron chi connectivity index (χ3n) is 15.5. The molecule has 18 N–H and O–H groups in total. The minimum Gasteiger partial charge on any atom is -0.465 e. The Morgan fingerprint density at radius 1 is 0.750 bits per heavy atom. The lowest BCUT2D eigenvalue weighted by molar-refractivity contribution is -0.349. The number of nitrogens with two attached hydrogens (primary N) is 1. The number of alkyl halides is 1. The van der Waals surface area contributed by atoms with Gasteiger partial charge in [-0.05, 0) is 11.6 Å². The fourth-order valence-electron chi connectivity index (χ4n) is 9.83. The molecule has 5 amide bonds. The van der Waals surface area contributed by atoms with Crippen molar-refractivity contribution >= 4 is 63.2 Å². The van der Waals surface area contributed by atoms with Crippen LogP contribution in [0.25, 0.3) is 22.5 Å². The number of aromatic nitrogens is 3. The molecular weight excluding hydrogens is 1370 g/mol. The molecule has 0 aliphatic carbocycles. The van der Waals surface area contributed by atoms with Crippen molar-refractivity contribution in [2.45, 2.75) is 156 Å². The number of H-pyrrole nitrogens is 1. The number of rotatable bonds is 33. The van der Waals surface area contributed by atoms with E-state index >= 15 is 0 Å². The second kappa shape index (κ2) is 43.7. The highest BCUT2D eigenvalue weighted by atomic mass is 33.1. The van der Waals surface area contributed by atoms with Gasteiger partial charge in [-0.2, -0.15) is 0 Å². The van der Waals surface area contributed by atoms with Crippen LogP contribution >= 0.6 is 21.6 Å². The van der Waals surface area contributed by atoms with Gasteiger partial charge in [0.05, 0.1) is 77.3 Å². The molecule has 0 saturated carbocycles. The van der Waals surface area contributed by atoms with Crippen LogP contribution in [-0.2, 0) is 73.1 Å². The van der Waals surface area contributed by atoms with Crippen molar-refractivity contribution in [3.63, 3.8) is 0 Å². The summed E-state index contributed by atoms with van der Waals surface area (Å²) in [5.74, 6) is -4.82. The number of aromatic amines is 1. The fraction of sp³-hybridized carbons (Fsp3) is 0.672. The Morgan fingerprint density at radius 2 is 1.37 bits per heavy atom. The van der Waals surface area contributed by atoms with Crippen molar-refractivity contribution in [3.05, 3.63) is 54.1 Å². The Bertz CT molecular complexity index is 3030. The van der Waals surface area contributed by atoms with E-state index in [0.29, 0.717) is 34.1 Å². The zero-order valence-electron chi connectivity index (χ0n) is 56.5. The molecule has 36 nitrogen and oxygen atoms in total. The van der Waals surface area contributed by atoms with E-state index in [-0.39, 0.29) is 104 Å². The lowest BCUT2D eigenvalue weighted by Crippen LogP contribution is -2.71. The van der Waals surface area contributed by atoms with Gasteiger partial charge in [-0.15, -0.1) is 5.10 Å². The number of nitrogens with one attached hydrogen (secondary N) is 5. The number of methoxy groups -OCH3 is 1. The first-order chi connectivity index (χ1) is 48.3. The van der Waals surface area contributed by atoms with Crippen LogP contribution in [-0.4, -0.2) is 316 Å². The third-order valence-corrected chi connectivity index (χ3v) is 17.9. The van der Waals surface area contributed by atoms with Gasteiger partial charge in [0.15, 0.2) is 20.2 Å². The molecule has 4 aliphatic heterocycles. The number of fused-ring (bicyclic) bond motifs is 5. The number of anilines is 1. The number of halogens is 1. The molecule has 3 fully saturated rings. The maximum absolute atomic E-state index is 13.8. The minimum atomic E-state index is -3.18. The number of esters is 1. The number of aliphatic hydroxyl groups is 11. The topological polar surface area (TPSA) is 536 Å². The van der Waals surface area contributed by atoms with E-state index in [1.165, 1.54) is 41.5 Å². The Morgan fingerprint density at radius 3 is 2.04 bits per heavy atom. The smallest absolute Gasteiger partial charge is 0.407 e. The monoisotopic (exact) mass is 1470 g/mol. The minimum absolute atomic E-state index is 0.00201. The number of nitrogens with zero attached hydrogens (tertiary/aromatic N) is 3. The van der Waals surface area contributed by atoms with E-state index in [2.05, 4.69) is 50.2 Å². The van der Waals surface area contributed by atoms with E-state index in [1.54, 1.807) is 4.90 Å². The van der Waals surface area contributed by atoms with E-state index < -0.39 is 141 Å². The van der Waals surface area contributed by atoms with Crippen molar-refractivity contribution < 1.29 is 138 Å². The largest absolute Gasteiger partial charge is 0.465 e. The summed E-state index contributed by atoms with van der Waals surface area (Å²) in [6, 6.07) is 13.2. The van der Waals surface area contributed by atoms with Crippen LogP contribution in [0.4, 0.5) is 19.7 Å². The lowest BCUT2D eigenvalue weighted by atomic mass is 9.88. The van der Waals surface area contributed by atoms with E-state index in [0.717, 1.165) is 23.3 Å². The van der Waals surface area contributed by atoms with Crippen LogP contribution in [0.2, 0.25) is 1.41 Å². The molecule has 39 heteroatoms. The first kappa shape index (κ1) is 82.8. The highest BCUT2D eigenvalue weighted by molar-refractivity contribution is 8.76. The second-order valence-corrected chi connectivity index (χ2v) is 25.3. The summed E-state index contributed by atoms with van der Waals surface area (Å²) in [5.41, 5.74) is 9.27. The first-order valence-electron chi connectivity index (χ1n) is 32.5.